The Balaban J connectivity index is 1.88. The van der Waals surface area contributed by atoms with E-state index in [0.717, 1.165) is 23.6 Å². The van der Waals surface area contributed by atoms with Crippen molar-refractivity contribution in [1.29, 1.82) is 0 Å². The summed E-state index contributed by atoms with van der Waals surface area (Å²) in [6, 6.07) is 19.1. The second-order valence-electron chi connectivity index (χ2n) is 6.27. The summed E-state index contributed by atoms with van der Waals surface area (Å²) in [6.45, 7) is 2.60. The van der Waals surface area contributed by atoms with E-state index in [1.807, 2.05) is 31.2 Å². The zero-order valence-electron chi connectivity index (χ0n) is 15.1. The Bertz CT molecular complexity index is 1060. The maximum atomic E-state index is 12.8. The summed E-state index contributed by atoms with van der Waals surface area (Å²) in [6.07, 6.45) is 1.84. The minimum atomic E-state index is -3.82. The van der Waals surface area contributed by atoms with Gasteiger partial charge in [0.1, 0.15) is 0 Å². The Labute approximate surface area is 159 Å². The van der Waals surface area contributed by atoms with Crippen LogP contribution < -0.4 is 10.0 Å². The second kappa shape index (κ2) is 8.22. The monoisotopic (exact) mass is 382 g/mol. The van der Waals surface area contributed by atoms with Crippen molar-refractivity contribution in [2.24, 2.45) is 0 Å². The van der Waals surface area contributed by atoms with Crippen molar-refractivity contribution in [3.05, 3.63) is 72.3 Å². The number of benzene rings is 3. The zero-order valence-corrected chi connectivity index (χ0v) is 15.9. The van der Waals surface area contributed by atoms with Crippen LogP contribution in [0.1, 0.15) is 30.1 Å². The first kappa shape index (κ1) is 18.9. The summed E-state index contributed by atoms with van der Waals surface area (Å²) in [7, 11) is -3.82. The van der Waals surface area contributed by atoms with E-state index in [1.165, 1.54) is 0 Å². The van der Waals surface area contributed by atoms with Gasteiger partial charge < -0.3 is 5.32 Å². The Morgan fingerprint density at radius 3 is 2.41 bits per heavy atom. The predicted octanol–water partition coefficient (Wildman–Crippen LogP) is 4.17. The standard InChI is InChI=1S/C21H22N2O3S/c1-2-3-14-22-21(24)19-10-6-7-11-20(19)23-27(25,26)18-13-12-16-8-4-5-9-17(16)15-18/h4-13,15,23H,2-3,14H2,1H3,(H,22,24). The van der Waals surface area contributed by atoms with E-state index in [1.54, 1.807) is 42.5 Å². The largest absolute Gasteiger partial charge is 0.352 e. The van der Waals surface area contributed by atoms with Crippen molar-refractivity contribution in [3.8, 4) is 0 Å². The molecule has 0 aliphatic heterocycles. The molecule has 0 saturated carbocycles. The molecule has 5 nitrogen and oxygen atoms in total. The molecule has 1 amide bonds. The van der Waals surface area contributed by atoms with Crippen molar-refractivity contribution in [2.75, 3.05) is 11.3 Å². The highest BCUT2D eigenvalue weighted by Crippen LogP contribution is 2.23. The lowest BCUT2D eigenvalue weighted by Gasteiger charge is -2.13. The molecule has 6 heteroatoms. The van der Waals surface area contributed by atoms with Crippen molar-refractivity contribution in [2.45, 2.75) is 24.7 Å². The molecule has 0 radical (unpaired) electrons. The molecule has 0 unspecified atom stereocenters. The molecule has 27 heavy (non-hydrogen) atoms. The summed E-state index contributed by atoms with van der Waals surface area (Å²) < 4.78 is 28.2. The lowest BCUT2D eigenvalue weighted by Crippen LogP contribution is -2.26. The van der Waals surface area contributed by atoms with Crippen LogP contribution >= 0.6 is 0 Å². The minimum Gasteiger partial charge on any atom is -0.352 e. The number of nitrogens with one attached hydrogen (secondary N) is 2. The first-order chi connectivity index (χ1) is 13.0. The molecule has 0 fully saturated rings. The molecule has 2 N–H and O–H groups in total. The highest BCUT2D eigenvalue weighted by atomic mass is 32.2. The van der Waals surface area contributed by atoms with E-state index in [4.69, 9.17) is 0 Å². The molecule has 0 aromatic heterocycles. The maximum Gasteiger partial charge on any atom is 0.261 e. The van der Waals surface area contributed by atoms with Gasteiger partial charge in [0.2, 0.25) is 0 Å². The van der Waals surface area contributed by atoms with Crippen LogP contribution in [0.4, 0.5) is 5.69 Å². The van der Waals surface area contributed by atoms with Gasteiger partial charge in [-0.15, -0.1) is 0 Å². The molecule has 3 aromatic carbocycles. The van der Waals surface area contributed by atoms with E-state index in [-0.39, 0.29) is 16.5 Å². The summed E-state index contributed by atoms with van der Waals surface area (Å²) in [5.41, 5.74) is 0.567. The van der Waals surface area contributed by atoms with Crippen LogP contribution in [0.2, 0.25) is 0 Å². The van der Waals surface area contributed by atoms with Crippen molar-refractivity contribution in [1.82, 2.24) is 5.32 Å². The molecule has 140 valence electrons. The summed E-state index contributed by atoms with van der Waals surface area (Å²) in [5.74, 6) is -0.291. The number of hydrogen-bond donors (Lipinski definition) is 2. The SMILES string of the molecule is CCCCNC(=O)c1ccccc1NS(=O)(=O)c1ccc2ccccc2c1. The maximum absolute atomic E-state index is 12.8. The van der Waals surface area contributed by atoms with Gasteiger partial charge in [-0.1, -0.05) is 55.8 Å². The topological polar surface area (TPSA) is 75.3 Å². The Morgan fingerprint density at radius 1 is 0.926 bits per heavy atom. The van der Waals surface area contributed by atoms with Gasteiger partial charge in [0.05, 0.1) is 16.1 Å². The molecule has 0 bridgehead atoms. The van der Waals surface area contributed by atoms with E-state index >= 15 is 0 Å². The number of hydrogen-bond acceptors (Lipinski definition) is 3. The van der Waals surface area contributed by atoms with Gasteiger partial charge in [-0.3, -0.25) is 9.52 Å². The molecule has 0 spiro atoms. The fourth-order valence-electron chi connectivity index (χ4n) is 2.78. The van der Waals surface area contributed by atoms with Gasteiger partial charge in [0.25, 0.3) is 15.9 Å². The molecule has 3 rings (SSSR count). The van der Waals surface area contributed by atoms with Crippen LogP contribution in [0, 0.1) is 0 Å². The number of amides is 1. The highest BCUT2D eigenvalue weighted by Gasteiger charge is 2.18. The van der Waals surface area contributed by atoms with Gasteiger partial charge in [-0.25, -0.2) is 8.42 Å². The number of anilines is 1. The van der Waals surface area contributed by atoms with E-state index < -0.39 is 10.0 Å². The number of carbonyl (C=O) groups excluding carboxylic acids is 1. The summed E-state index contributed by atoms with van der Waals surface area (Å²) >= 11 is 0. The fraction of sp³-hybridized carbons (Fsp3) is 0.190. The highest BCUT2D eigenvalue weighted by molar-refractivity contribution is 7.92. The van der Waals surface area contributed by atoms with E-state index in [9.17, 15) is 13.2 Å². The number of sulfonamides is 1. The molecule has 0 heterocycles. The van der Waals surface area contributed by atoms with Gasteiger partial charge >= 0.3 is 0 Å². The van der Waals surface area contributed by atoms with Crippen LogP contribution in [0.3, 0.4) is 0 Å². The molecule has 0 aliphatic carbocycles. The average Bonchev–Trinajstić information content (AvgIpc) is 2.68. The van der Waals surface area contributed by atoms with E-state index in [0.29, 0.717) is 12.1 Å². The molecular weight excluding hydrogens is 360 g/mol. The van der Waals surface area contributed by atoms with Crippen LogP contribution in [0.5, 0.6) is 0 Å². The third-order valence-corrected chi connectivity index (χ3v) is 5.63. The lowest BCUT2D eigenvalue weighted by atomic mass is 10.1. The zero-order chi connectivity index (χ0) is 19.3. The molecular formula is C21H22N2O3S. The van der Waals surface area contributed by atoms with Crippen LogP contribution in [-0.4, -0.2) is 20.9 Å². The molecule has 3 aromatic rings. The number of rotatable bonds is 7. The number of carbonyl (C=O) groups is 1. The minimum absolute atomic E-state index is 0.155. The lowest BCUT2D eigenvalue weighted by molar-refractivity contribution is 0.0954. The van der Waals surface area contributed by atoms with Gasteiger partial charge in [-0.2, -0.15) is 0 Å². The number of fused-ring (bicyclic) bond motifs is 1. The number of para-hydroxylation sites is 1. The smallest absolute Gasteiger partial charge is 0.261 e. The Morgan fingerprint density at radius 2 is 1.63 bits per heavy atom. The summed E-state index contributed by atoms with van der Waals surface area (Å²) in [4.78, 5) is 12.5. The summed E-state index contributed by atoms with van der Waals surface area (Å²) in [5, 5.41) is 4.62. The third-order valence-electron chi connectivity index (χ3n) is 4.26. The first-order valence-electron chi connectivity index (χ1n) is 8.90. The average molecular weight is 382 g/mol. The Kier molecular flexibility index (Phi) is 5.76. The van der Waals surface area contributed by atoms with Crippen LogP contribution in [0.15, 0.2) is 71.6 Å². The second-order valence-corrected chi connectivity index (χ2v) is 7.95. The van der Waals surface area contributed by atoms with Crippen molar-refractivity contribution >= 4 is 32.4 Å². The molecule has 0 aliphatic rings. The van der Waals surface area contributed by atoms with Gasteiger partial charge in [0, 0.05) is 6.54 Å². The third kappa shape index (κ3) is 4.46. The molecule has 0 atom stereocenters. The predicted molar refractivity (Wildman–Crippen MR) is 108 cm³/mol. The first-order valence-corrected chi connectivity index (χ1v) is 10.4. The normalized spacial score (nSPS) is 11.3. The van der Waals surface area contributed by atoms with Crippen molar-refractivity contribution in [3.63, 3.8) is 0 Å². The van der Waals surface area contributed by atoms with E-state index in [2.05, 4.69) is 10.0 Å². The van der Waals surface area contributed by atoms with Crippen molar-refractivity contribution < 1.29 is 13.2 Å². The molecule has 0 saturated heterocycles. The fourth-order valence-corrected chi connectivity index (χ4v) is 3.90. The van der Waals surface area contributed by atoms with Crippen LogP contribution in [-0.2, 0) is 10.0 Å². The number of unbranched alkanes of at least 4 members (excludes halogenated alkanes) is 1. The van der Waals surface area contributed by atoms with Crippen LogP contribution in [0.25, 0.3) is 10.8 Å². The quantitative estimate of drug-likeness (QED) is 0.602. The van der Waals surface area contributed by atoms with Gasteiger partial charge in [0.15, 0.2) is 0 Å². The van der Waals surface area contributed by atoms with Gasteiger partial charge in [-0.05, 0) is 41.5 Å². The Hall–Kier alpha value is -2.86.